The van der Waals surface area contributed by atoms with Gasteiger partial charge in [0.1, 0.15) is 6.26 Å². The van der Waals surface area contributed by atoms with Crippen molar-refractivity contribution in [3.05, 3.63) is 24.1 Å². The van der Waals surface area contributed by atoms with E-state index in [1.165, 1.54) is 5.57 Å². The van der Waals surface area contributed by atoms with Crippen LogP contribution in [0.25, 0.3) is 0 Å². The summed E-state index contributed by atoms with van der Waals surface area (Å²) in [5, 5.41) is 0. The molecule has 0 aromatic carbocycles. The van der Waals surface area contributed by atoms with E-state index in [0.29, 0.717) is 5.92 Å². The largest absolute Gasteiger partial charge is 0.390 e. The summed E-state index contributed by atoms with van der Waals surface area (Å²) in [6, 6.07) is 0. The van der Waals surface area contributed by atoms with Crippen LogP contribution < -0.4 is 5.48 Å². The first kappa shape index (κ1) is 6.20. The SMILES string of the molecule is CC(C)C1=CONC=C1. The Kier molecular flexibility index (Phi) is 1.78. The van der Waals surface area contributed by atoms with E-state index in [1.807, 2.05) is 6.08 Å². The zero-order chi connectivity index (χ0) is 6.69. The molecule has 50 valence electrons. The van der Waals surface area contributed by atoms with Gasteiger partial charge in [-0.1, -0.05) is 13.8 Å². The van der Waals surface area contributed by atoms with Crippen molar-refractivity contribution in [1.29, 1.82) is 0 Å². The maximum absolute atomic E-state index is 4.84. The second-order valence-electron chi connectivity index (χ2n) is 2.34. The fourth-order valence-electron chi connectivity index (χ4n) is 0.639. The van der Waals surface area contributed by atoms with Crippen molar-refractivity contribution in [2.45, 2.75) is 13.8 Å². The summed E-state index contributed by atoms with van der Waals surface area (Å²) in [5.41, 5.74) is 3.83. The quantitative estimate of drug-likeness (QED) is 0.574. The highest BCUT2D eigenvalue weighted by atomic mass is 16.6. The highest BCUT2D eigenvalue weighted by Crippen LogP contribution is 2.11. The molecule has 0 bridgehead atoms. The summed E-state index contributed by atoms with van der Waals surface area (Å²) >= 11 is 0. The van der Waals surface area contributed by atoms with Crippen LogP contribution in [-0.2, 0) is 4.84 Å². The van der Waals surface area contributed by atoms with Crippen molar-refractivity contribution in [2.75, 3.05) is 0 Å². The summed E-state index contributed by atoms with van der Waals surface area (Å²) < 4.78 is 0. The molecule has 1 aliphatic heterocycles. The minimum absolute atomic E-state index is 0.545. The van der Waals surface area contributed by atoms with Crippen LogP contribution in [0.5, 0.6) is 0 Å². The molecule has 1 heterocycles. The molecule has 0 fully saturated rings. The van der Waals surface area contributed by atoms with E-state index in [-0.39, 0.29) is 0 Å². The second-order valence-corrected chi connectivity index (χ2v) is 2.34. The minimum Gasteiger partial charge on any atom is -0.390 e. The Hall–Kier alpha value is -0.920. The molecular weight excluding hydrogens is 114 g/mol. The molecule has 0 aromatic heterocycles. The van der Waals surface area contributed by atoms with Crippen LogP contribution in [0.4, 0.5) is 0 Å². The maximum Gasteiger partial charge on any atom is 0.122 e. The molecule has 0 radical (unpaired) electrons. The zero-order valence-corrected chi connectivity index (χ0v) is 5.72. The highest BCUT2D eigenvalue weighted by Gasteiger charge is 2.00. The third-order valence-corrected chi connectivity index (χ3v) is 1.27. The van der Waals surface area contributed by atoms with Crippen molar-refractivity contribution < 1.29 is 4.84 Å². The molecular formula is C7H11NO. The van der Waals surface area contributed by atoms with Crippen molar-refractivity contribution >= 4 is 0 Å². The van der Waals surface area contributed by atoms with Crippen LogP contribution in [0.15, 0.2) is 24.1 Å². The lowest BCUT2D eigenvalue weighted by atomic mass is 10.1. The van der Waals surface area contributed by atoms with E-state index in [1.54, 1.807) is 12.5 Å². The Morgan fingerprint density at radius 1 is 1.56 bits per heavy atom. The van der Waals surface area contributed by atoms with Crippen LogP contribution >= 0.6 is 0 Å². The third-order valence-electron chi connectivity index (χ3n) is 1.27. The fraction of sp³-hybridized carbons (Fsp3) is 0.429. The van der Waals surface area contributed by atoms with Gasteiger partial charge in [-0.2, -0.15) is 0 Å². The number of nitrogens with one attached hydrogen (secondary N) is 1. The number of hydrogen-bond acceptors (Lipinski definition) is 2. The lowest BCUT2D eigenvalue weighted by Gasteiger charge is -2.10. The minimum atomic E-state index is 0.545. The molecule has 0 spiro atoms. The molecule has 1 aliphatic rings. The fourth-order valence-corrected chi connectivity index (χ4v) is 0.639. The number of rotatable bonds is 1. The van der Waals surface area contributed by atoms with Gasteiger partial charge in [-0.3, -0.25) is 0 Å². The number of allylic oxidation sites excluding steroid dienone is 2. The number of hydrogen-bond donors (Lipinski definition) is 1. The molecule has 0 unspecified atom stereocenters. The van der Waals surface area contributed by atoms with Gasteiger partial charge in [0.05, 0.1) is 0 Å². The molecule has 0 saturated heterocycles. The molecule has 1 rings (SSSR count). The molecule has 0 aliphatic carbocycles. The third kappa shape index (κ3) is 1.49. The molecule has 0 aromatic rings. The van der Waals surface area contributed by atoms with Crippen molar-refractivity contribution in [1.82, 2.24) is 5.48 Å². The topological polar surface area (TPSA) is 21.3 Å². The van der Waals surface area contributed by atoms with E-state index >= 15 is 0 Å². The van der Waals surface area contributed by atoms with E-state index in [4.69, 9.17) is 4.84 Å². The van der Waals surface area contributed by atoms with Crippen molar-refractivity contribution in [3.63, 3.8) is 0 Å². The van der Waals surface area contributed by atoms with Crippen LogP contribution in [0.1, 0.15) is 13.8 Å². The molecule has 2 nitrogen and oxygen atoms in total. The summed E-state index contributed by atoms with van der Waals surface area (Å²) in [6.07, 6.45) is 5.52. The van der Waals surface area contributed by atoms with Gasteiger partial charge in [-0.05, 0) is 17.6 Å². The van der Waals surface area contributed by atoms with Gasteiger partial charge in [-0.15, -0.1) is 0 Å². The molecule has 1 N–H and O–H groups in total. The molecule has 0 saturated carbocycles. The van der Waals surface area contributed by atoms with E-state index in [9.17, 15) is 0 Å². The van der Waals surface area contributed by atoms with Gasteiger partial charge in [0.15, 0.2) is 0 Å². The molecule has 0 atom stereocenters. The Labute approximate surface area is 55.2 Å². The van der Waals surface area contributed by atoms with E-state index in [0.717, 1.165) is 0 Å². The first-order valence-corrected chi connectivity index (χ1v) is 3.08. The lowest BCUT2D eigenvalue weighted by Crippen LogP contribution is -2.07. The summed E-state index contributed by atoms with van der Waals surface area (Å²) in [7, 11) is 0. The Morgan fingerprint density at radius 2 is 2.33 bits per heavy atom. The average molecular weight is 125 g/mol. The van der Waals surface area contributed by atoms with Crippen molar-refractivity contribution in [3.8, 4) is 0 Å². The van der Waals surface area contributed by atoms with E-state index < -0.39 is 0 Å². The van der Waals surface area contributed by atoms with Gasteiger partial charge in [-0.25, -0.2) is 5.48 Å². The molecule has 2 heteroatoms. The first-order valence-electron chi connectivity index (χ1n) is 3.08. The monoisotopic (exact) mass is 125 g/mol. The highest BCUT2D eigenvalue weighted by molar-refractivity contribution is 5.19. The smallest absolute Gasteiger partial charge is 0.122 e. The normalized spacial score (nSPS) is 16.6. The average Bonchev–Trinajstić information content (AvgIpc) is 1.90. The zero-order valence-electron chi connectivity index (χ0n) is 5.72. The summed E-state index contributed by atoms with van der Waals surface area (Å²) in [6.45, 7) is 4.26. The van der Waals surface area contributed by atoms with Crippen LogP contribution in [-0.4, -0.2) is 0 Å². The summed E-state index contributed by atoms with van der Waals surface area (Å²) in [4.78, 5) is 4.84. The first-order chi connectivity index (χ1) is 4.30. The molecule has 9 heavy (non-hydrogen) atoms. The summed E-state index contributed by atoms with van der Waals surface area (Å²) in [5.74, 6) is 0.545. The van der Waals surface area contributed by atoms with Crippen LogP contribution in [0, 0.1) is 5.92 Å². The predicted octanol–water partition coefficient (Wildman–Crippen LogP) is 1.57. The standard InChI is InChI=1S/C7H11NO/c1-6(2)7-3-4-8-9-5-7/h3-6,8H,1-2H3. The molecule has 0 amide bonds. The van der Waals surface area contributed by atoms with Crippen LogP contribution in [0.3, 0.4) is 0 Å². The Morgan fingerprint density at radius 3 is 2.67 bits per heavy atom. The number of hydroxylamine groups is 1. The van der Waals surface area contributed by atoms with Gasteiger partial charge in [0.2, 0.25) is 0 Å². The van der Waals surface area contributed by atoms with Gasteiger partial charge < -0.3 is 4.84 Å². The Balaban J connectivity index is 2.58. The second kappa shape index (κ2) is 2.58. The predicted molar refractivity (Wildman–Crippen MR) is 36.3 cm³/mol. The van der Waals surface area contributed by atoms with Gasteiger partial charge in [0.25, 0.3) is 0 Å². The van der Waals surface area contributed by atoms with Crippen molar-refractivity contribution in [2.24, 2.45) is 5.92 Å². The van der Waals surface area contributed by atoms with Gasteiger partial charge >= 0.3 is 0 Å². The maximum atomic E-state index is 4.84. The van der Waals surface area contributed by atoms with Crippen LogP contribution in [0.2, 0.25) is 0 Å². The van der Waals surface area contributed by atoms with Gasteiger partial charge in [0, 0.05) is 6.20 Å². The Bertz CT molecular complexity index is 147. The van der Waals surface area contributed by atoms with E-state index in [2.05, 4.69) is 19.3 Å². The lowest BCUT2D eigenvalue weighted by molar-refractivity contribution is 0.167.